The number of hydrogen-bond donors (Lipinski definition) is 0. The monoisotopic (exact) mass is 240 g/mol. The third-order valence-corrected chi connectivity index (χ3v) is 2.90. The second-order valence-electron chi connectivity index (χ2n) is 3.14. The summed E-state index contributed by atoms with van der Waals surface area (Å²) in [5.41, 5.74) is 2.56. The lowest BCUT2D eigenvalue weighted by atomic mass is 10.1. The molecule has 0 fully saturated rings. The molecule has 2 heteroatoms. The lowest BCUT2D eigenvalue weighted by Crippen LogP contribution is -1.87. The Morgan fingerprint density at radius 1 is 1.46 bits per heavy atom. The van der Waals surface area contributed by atoms with E-state index in [9.17, 15) is 4.79 Å². The summed E-state index contributed by atoms with van der Waals surface area (Å²) >= 11 is 3.46. The van der Waals surface area contributed by atoms with Crippen molar-refractivity contribution in [2.75, 3.05) is 0 Å². The maximum absolute atomic E-state index is 10.1. The Hall–Kier alpha value is -0.630. The van der Waals surface area contributed by atoms with Gasteiger partial charge in [0.05, 0.1) is 0 Å². The fourth-order valence-electron chi connectivity index (χ4n) is 1.25. The van der Waals surface area contributed by atoms with Gasteiger partial charge in [0.25, 0.3) is 0 Å². The van der Waals surface area contributed by atoms with E-state index in [0.717, 1.165) is 23.6 Å². The van der Waals surface area contributed by atoms with Gasteiger partial charge in [-0.3, -0.25) is 0 Å². The fourth-order valence-corrected chi connectivity index (χ4v) is 1.50. The molecule has 13 heavy (non-hydrogen) atoms. The van der Waals surface area contributed by atoms with E-state index >= 15 is 0 Å². The molecule has 0 atom stereocenters. The average Bonchev–Trinajstić information content (AvgIpc) is 2.12. The lowest BCUT2D eigenvalue weighted by molar-refractivity contribution is -0.107. The Kier molecular flexibility index (Phi) is 4.16. The molecule has 1 aromatic carbocycles. The minimum atomic E-state index is 0.662. The summed E-state index contributed by atoms with van der Waals surface area (Å²) in [5, 5.41) is 0. The molecule has 0 bridgehead atoms. The summed E-state index contributed by atoms with van der Waals surface area (Å²) < 4.78 is 1.15. The van der Waals surface area contributed by atoms with Gasteiger partial charge in [0.2, 0.25) is 0 Å². The highest BCUT2D eigenvalue weighted by Crippen LogP contribution is 2.17. The molecule has 1 aromatic rings. The highest BCUT2D eigenvalue weighted by molar-refractivity contribution is 9.10. The van der Waals surface area contributed by atoms with E-state index in [1.807, 2.05) is 0 Å². The molecule has 0 aliphatic rings. The van der Waals surface area contributed by atoms with Gasteiger partial charge in [0.1, 0.15) is 6.29 Å². The molecule has 1 rings (SSSR count). The van der Waals surface area contributed by atoms with E-state index in [2.05, 4.69) is 41.1 Å². The Morgan fingerprint density at radius 2 is 2.23 bits per heavy atom. The van der Waals surface area contributed by atoms with Crippen LogP contribution in [0.4, 0.5) is 0 Å². The molecule has 0 heterocycles. The molecular weight excluding hydrogens is 228 g/mol. The van der Waals surface area contributed by atoms with Crippen LogP contribution in [-0.4, -0.2) is 6.29 Å². The Bertz CT molecular complexity index is 294. The Labute approximate surface area is 87.3 Å². The normalized spacial score (nSPS) is 10.0. The molecule has 0 aliphatic heterocycles. The number of rotatable bonds is 4. The smallest absolute Gasteiger partial charge is 0.120 e. The van der Waals surface area contributed by atoms with E-state index in [1.54, 1.807) is 0 Å². The minimum Gasteiger partial charge on any atom is -0.303 e. The molecule has 0 aliphatic carbocycles. The number of benzene rings is 1. The van der Waals surface area contributed by atoms with Crippen LogP contribution >= 0.6 is 15.9 Å². The van der Waals surface area contributed by atoms with Gasteiger partial charge in [0.15, 0.2) is 0 Å². The highest BCUT2D eigenvalue weighted by atomic mass is 79.9. The van der Waals surface area contributed by atoms with Crippen molar-refractivity contribution in [2.24, 2.45) is 0 Å². The quantitative estimate of drug-likeness (QED) is 0.584. The summed E-state index contributed by atoms with van der Waals surface area (Å²) in [6, 6.07) is 6.32. The van der Waals surface area contributed by atoms with Gasteiger partial charge in [-0.05, 0) is 37.0 Å². The molecule has 0 saturated carbocycles. The summed E-state index contributed by atoms with van der Waals surface area (Å²) in [7, 11) is 0. The average molecular weight is 241 g/mol. The van der Waals surface area contributed by atoms with E-state index in [0.29, 0.717) is 6.42 Å². The zero-order valence-electron chi connectivity index (χ0n) is 7.72. The first-order chi connectivity index (χ1) is 6.24. The van der Waals surface area contributed by atoms with E-state index in [4.69, 9.17) is 0 Å². The highest BCUT2D eigenvalue weighted by Gasteiger charge is 1.96. The molecule has 0 N–H and O–H groups in total. The van der Waals surface area contributed by atoms with Crippen LogP contribution in [0.15, 0.2) is 22.7 Å². The van der Waals surface area contributed by atoms with E-state index < -0.39 is 0 Å². The Balaban J connectivity index is 2.57. The second kappa shape index (κ2) is 5.18. The topological polar surface area (TPSA) is 17.1 Å². The standard InChI is InChI=1S/C11H13BrO/c1-9-8-10(4-2-3-7-13)5-6-11(9)12/h5-8H,2-4H2,1H3. The zero-order chi connectivity index (χ0) is 9.68. The van der Waals surface area contributed by atoms with Crippen LogP contribution in [0.2, 0.25) is 0 Å². The fraction of sp³-hybridized carbons (Fsp3) is 0.364. The van der Waals surface area contributed by atoms with Crippen LogP contribution in [0, 0.1) is 6.92 Å². The summed E-state index contributed by atoms with van der Waals surface area (Å²) in [4.78, 5) is 10.1. The van der Waals surface area contributed by atoms with Gasteiger partial charge < -0.3 is 4.79 Å². The number of aldehydes is 1. The van der Waals surface area contributed by atoms with Crippen molar-refractivity contribution in [3.63, 3.8) is 0 Å². The second-order valence-corrected chi connectivity index (χ2v) is 4.00. The molecule has 0 spiro atoms. The van der Waals surface area contributed by atoms with E-state index in [1.165, 1.54) is 11.1 Å². The number of carbonyl (C=O) groups is 1. The van der Waals surface area contributed by atoms with Crippen molar-refractivity contribution in [1.29, 1.82) is 0 Å². The molecule has 1 nitrogen and oxygen atoms in total. The Morgan fingerprint density at radius 3 is 2.85 bits per heavy atom. The van der Waals surface area contributed by atoms with Crippen LogP contribution in [0.25, 0.3) is 0 Å². The summed E-state index contributed by atoms with van der Waals surface area (Å²) in [5.74, 6) is 0. The molecule has 0 aromatic heterocycles. The van der Waals surface area contributed by atoms with Crippen LogP contribution in [-0.2, 0) is 11.2 Å². The third-order valence-electron chi connectivity index (χ3n) is 2.01. The van der Waals surface area contributed by atoms with Crippen molar-refractivity contribution in [3.8, 4) is 0 Å². The van der Waals surface area contributed by atoms with Crippen LogP contribution < -0.4 is 0 Å². The number of hydrogen-bond acceptors (Lipinski definition) is 1. The number of halogens is 1. The first-order valence-electron chi connectivity index (χ1n) is 4.42. The number of aryl methyl sites for hydroxylation is 2. The number of unbranched alkanes of at least 4 members (excludes halogenated alkanes) is 1. The molecule has 0 unspecified atom stereocenters. The molecule has 0 radical (unpaired) electrons. The maximum atomic E-state index is 10.1. The molecule has 70 valence electrons. The maximum Gasteiger partial charge on any atom is 0.120 e. The van der Waals surface area contributed by atoms with E-state index in [-0.39, 0.29) is 0 Å². The van der Waals surface area contributed by atoms with Crippen molar-refractivity contribution in [1.82, 2.24) is 0 Å². The van der Waals surface area contributed by atoms with Gasteiger partial charge in [-0.2, -0.15) is 0 Å². The summed E-state index contributed by atoms with van der Waals surface area (Å²) in [6.07, 6.45) is 3.58. The van der Waals surface area contributed by atoms with Crippen molar-refractivity contribution < 1.29 is 4.79 Å². The lowest BCUT2D eigenvalue weighted by Gasteiger charge is -2.02. The SMILES string of the molecule is Cc1cc(CCCC=O)ccc1Br. The van der Waals surface area contributed by atoms with Crippen molar-refractivity contribution in [3.05, 3.63) is 33.8 Å². The first kappa shape index (κ1) is 10.5. The van der Waals surface area contributed by atoms with Crippen molar-refractivity contribution >= 4 is 22.2 Å². The minimum absolute atomic E-state index is 0.662. The van der Waals surface area contributed by atoms with Gasteiger partial charge in [-0.15, -0.1) is 0 Å². The largest absolute Gasteiger partial charge is 0.303 e. The van der Waals surface area contributed by atoms with Gasteiger partial charge in [0, 0.05) is 10.9 Å². The van der Waals surface area contributed by atoms with Gasteiger partial charge in [-0.1, -0.05) is 28.1 Å². The van der Waals surface area contributed by atoms with Gasteiger partial charge >= 0.3 is 0 Å². The third kappa shape index (κ3) is 3.31. The molecule has 0 saturated heterocycles. The van der Waals surface area contributed by atoms with Crippen LogP contribution in [0.3, 0.4) is 0 Å². The summed E-state index contributed by atoms with van der Waals surface area (Å²) in [6.45, 7) is 2.08. The van der Waals surface area contributed by atoms with Crippen molar-refractivity contribution in [2.45, 2.75) is 26.2 Å². The van der Waals surface area contributed by atoms with Crippen LogP contribution in [0.5, 0.6) is 0 Å². The molecular formula is C11H13BrO. The van der Waals surface area contributed by atoms with Crippen LogP contribution in [0.1, 0.15) is 24.0 Å². The zero-order valence-corrected chi connectivity index (χ0v) is 9.30. The first-order valence-corrected chi connectivity index (χ1v) is 5.22. The predicted octanol–water partition coefficient (Wildman–Crippen LogP) is 3.28. The number of carbonyl (C=O) groups excluding carboxylic acids is 1. The molecule has 0 amide bonds. The van der Waals surface area contributed by atoms with Gasteiger partial charge in [-0.25, -0.2) is 0 Å². The predicted molar refractivity (Wildman–Crippen MR) is 57.9 cm³/mol.